The lowest BCUT2D eigenvalue weighted by Gasteiger charge is -2.27. The Morgan fingerprint density at radius 1 is 0.700 bits per heavy atom. The fourth-order valence-corrected chi connectivity index (χ4v) is 8.39. The van der Waals surface area contributed by atoms with E-state index >= 15 is 0 Å². The van der Waals surface area contributed by atoms with Crippen molar-refractivity contribution in [3.05, 3.63) is 150 Å². The van der Waals surface area contributed by atoms with Crippen molar-refractivity contribution in [2.75, 3.05) is 26.7 Å². The van der Waals surface area contributed by atoms with Crippen molar-refractivity contribution < 1.29 is 57.7 Å². The molecule has 0 bridgehead atoms. The van der Waals surface area contributed by atoms with E-state index in [1.165, 1.54) is 84.6 Å². The number of thioether (sulfide) groups is 1. The summed E-state index contributed by atoms with van der Waals surface area (Å²) in [6.07, 6.45) is -2.32. The fourth-order valence-electron chi connectivity index (χ4n) is 7.18. The monoisotopic (exact) mass is 985 g/mol. The van der Waals surface area contributed by atoms with E-state index in [9.17, 15) is 54.3 Å². The second kappa shape index (κ2) is 24.1. The Hall–Kier alpha value is -8.35. The zero-order valence-electron chi connectivity index (χ0n) is 37.6. The topological polar surface area (TPSA) is 307 Å². The summed E-state index contributed by atoms with van der Waals surface area (Å²) >= 11 is 1.58. The summed E-state index contributed by atoms with van der Waals surface area (Å²) in [5, 5.41) is 40.3. The van der Waals surface area contributed by atoms with Crippen molar-refractivity contribution >= 4 is 64.9 Å². The van der Waals surface area contributed by atoms with Crippen molar-refractivity contribution in [2.24, 2.45) is 4.99 Å². The number of aliphatic imine (C=N–C) groups is 1. The Labute approximate surface area is 403 Å². The third kappa shape index (κ3) is 14.6. The first kappa shape index (κ1) is 51.0. The van der Waals surface area contributed by atoms with Crippen LogP contribution >= 0.6 is 11.8 Å². The molecule has 0 spiro atoms. The highest BCUT2D eigenvalue weighted by atomic mass is 32.2. The summed E-state index contributed by atoms with van der Waals surface area (Å²) in [5.41, 5.74) is 1.86. The molecule has 2 aliphatic rings. The Morgan fingerprint density at radius 2 is 1.17 bits per heavy atom. The molecule has 25 heteroatoms. The van der Waals surface area contributed by atoms with Crippen LogP contribution in [0.5, 0.6) is 5.75 Å². The molecule has 4 aromatic rings. The summed E-state index contributed by atoms with van der Waals surface area (Å²) in [6, 6.07) is 20.8. The van der Waals surface area contributed by atoms with Gasteiger partial charge in [-0.3, -0.25) is 55.5 Å². The maximum absolute atomic E-state index is 14.2. The van der Waals surface area contributed by atoms with Gasteiger partial charge in [0.1, 0.15) is 37.7 Å². The number of benzene rings is 4. The van der Waals surface area contributed by atoms with Gasteiger partial charge in [0.25, 0.3) is 17.1 Å². The van der Waals surface area contributed by atoms with Crippen LogP contribution in [-0.4, -0.2) is 111 Å². The smallest absolute Gasteiger partial charge is 0.414 e. The fraction of sp³-hybridized carbons (Fsp3) is 0.333. The molecule has 2 fully saturated rings. The zero-order chi connectivity index (χ0) is 50.3. The maximum Gasteiger partial charge on any atom is 0.414 e. The summed E-state index contributed by atoms with van der Waals surface area (Å²) in [4.78, 5) is 106. The van der Waals surface area contributed by atoms with Crippen molar-refractivity contribution in [3.63, 3.8) is 0 Å². The number of guanidine groups is 1. The van der Waals surface area contributed by atoms with Crippen molar-refractivity contribution in [3.8, 4) is 5.75 Å². The number of nitro groups is 3. The number of non-ortho nitro benzene ring substituents is 3. The zero-order valence-corrected chi connectivity index (χ0v) is 38.4. The minimum Gasteiger partial charge on any atom is -0.497 e. The van der Waals surface area contributed by atoms with E-state index in [2.05, 4.69) is 20.9 Å². The number of methoxy groups -OCH3 is 1. The normalized spacial score (nSPS) is 16.5. The first-order chi connectivity index (χ1) is 33.5. The Morgan fingerprint density at radius 3 is 1.64 bits per heavy atom. The highest BCUT2D eigenvalue weighted by Gasteiger charge is 2.44. The number of likely N-dealkylation sites (tertiary alicyclic amines) is 2. The van der Waals surface area contributed by atoms with Crippen molar-refractivity contribution in [1.82, 2.24) is 25.8 Å². The molecule has 368 valence electrons. The van der Waals surface area contributed by atoms with Gasteiger partial charge in [-0.2, -0.15) is 11.8 Å². The number of carbonyl (C=O) groups excluding carboxylic acids is 5. The number of nitro benzene ring substituents is 3. The van der Waals surface area contributed by atoms with Crippen molar-refractivity contribution in [1.29, 1.82) is 0 Å². The number of carbonyl (C=O) groups is 5. The Balaban J connectivity index is 1.08. The number of hydrogen-bond acceptors (Lipinski definition) is 17. The number of rotatable bonds is 17. The van der Waals surface area contributed by atoms with Crippen LogP contribution in [0.25, 0.3) is 0 Å². The third-order valence-corrected chi connectivity index (χ3v) is 12.3. The molecule has 4 atom stereocenters. The molecule has 70 heavy (non-hydrogen) atoms. The predicted octanol–water partition coefficient (Wildman–Crippen LogP) is 5.75. The second-order valence-electron chi connectivity index (χ2n) is 15.8. The van der Waals surface area contributed by atoms with Gasteiger partial charge in [0.2, 0.25) is 17.8 Å². The first-order valence-corrected chi connectivity index (χ1v) is 22.5. The predicted molar refractivity (Wildman–Crippen MR) is 249 cm³/mol. The lowest BCUT2D eigenvalue weighted by Crippen LogP contribution is -2.49. The van der Waals surface area contributed by atoms with Crippen LogP contribution in [-0.2, 0) is 49.4 Å². The van der Waals surface area contributed by atoms with E-state index in [0.29, 0.717) is 41.0 Å². The van der Waals surface area contributed by atoms with Gasteiger partial charge >= 0.3 is 18.3 Å². The van der Waals surface area contributed by atoms with Gasteiger partial charge in [-0.05, 0) is 90.6 Å². The molecular weight excluding hydrogens is 939 g/mol. The van der Waals surface area contributed by atoms with Gasteiger partial charge in [-0.15, -0.1) is 0 Å². The molecule has 6 rings (SSSR count). The Bertz CT molecular complexity index is 2510. The summed E-state index contributed by atoms with van der Waals surface area (Å²) in [7, 11) is 1.57. The number of ether oxygens (including phenoxy) is 4. The van der Waals surface area contributed by atoms with Crippen molar-refractivity contribution in [2.45, 2.75) is 68.7 Å². The number of nitrogens with zero attached hydrogens (tertiary/aromatic N) is 6. The van der Waals surface area contributed by atoms with Crippen LogP contribution in [0.1, 0.15) is 42.0 Å². The van der Waals surface area contributed by atoms with Gasteiger partial charge in [-0.25, -0.2) is 19.4 Å². The SMILES string of the molecule is COc1ccc(CS[C@H]2C[C@@H](C(=O)N3CC[C@H](NC(=O)[C@H](C)N=C(NC(=O)OCc4ccc([N+](=O)[O-])cc4)NC(=O)OCc4ccc([N+](=O)[O-])cc4)C3)N(C(=O)OCc3ccc([N+](=O)[O-])cc3)C2)cc1. The van der Waals surface area contributed by atoms with Crippen LogP contribution in [0.15, 0.2) is 102 Å². The minimum absolute atomic E-state index is 0.0835. The Kier molecular flexibility index (Phi) is 17.6. The lowest BCUT2D eigenvalue weighted by molar-refractivity contribution is -0.385. The van der Waals surface area contributed by atoms with Crippen LogP contribution in [0.4, 0.5) is 31.4 Å². The number of nitrogens with one attached hydrogen (secondary N) is 3. The molecule has 2 saturated heterocycles. The van der Waals surface area contributed by atoms with Crippen LogP contribution in [0, 0.1) is 30.3 Å². The molecule has 2 heterocycles. The molecule has 24 nitrogen and oxygen atoms in total. The van der Waals surface area contributed by atoms with E-state index in [1.807, 2.05) is 24.3 Å². The quantitative estimate of drug-likeness (QED) is 0.0373. The minimum atomic E-state index is -1.26. The van der Waals surface area contributed by atoms with E-state index in [1.54, 1.807) is 23.8 Å². The molecular formula is C45H47N9O15S. The maximum atomic E-state index is 14.2. The summed E-state index contributed by atoms with van der Waals surface area (Å²) in [6.45, 7) is 1.06. The van der Waals surface area contributed by atoms with Crippen LogP contribution < -0.4 is 20.7 Å². The molecule has 5 amide bonds. The summed E-state index contributed by atoms with van der Waals surface area (Å²) < 4.78 is 21.3. The molecule has 4 aromatic carbocycles. The lowest BCUT2D eigenvalue weighted by atomic mass is 10.2. The molecule has 0 unspecified atom stereocenters. The molecule has 3 N–H and O–H groups in total. The molecule has 0 radical (unpaired) electrons. The number of hydrogen-bond donors (Lipinski definition) is 3. The average Bonchev–Trinajstić information content (AvgIpc) is 4.02. The highest BCUT2D eigenvalue weighted by Crippen LogP contribution is 2.33. The van der Waals surface area contributed by atoms with Gasteiger partial charge < -0.3 is 29.2 Å². The van der Waals surface area contributed by atoms with Gasteiger partial charge in [0.05, 0.1) is 21.9 Å². The average molecular weight is 986 g/mol. The molecule has 0 aliphatic carbocycles. The van der Waals surface area contributed by atoms with E-state index < -0.39 is 63.0 Å². The third-order valence-electron chi connectivity index (χ3n) is 11.0. The van der Waals surface area contributed by atoms with E-state index in [-0.39, 0.29) is 67.7 Å². The standard InChI is InChI=1S/C45H47N9O15S/c1-28(46-42(48-43(57)67-24-29-3-11-34(12-4-29)52(60)61)49-44(58)68-25-30-5-13-35(14-6-30)53(62)63)40(55)47-33-19-20-50(22-33)41(56)39-21-38(70-27-32-9-17-37(66-2)18-10-32)23-51(39)45(59)69-26-31-7-15-36(16-8-31)54(64)65/h3-18,28,33,38-39H,19-27H2,1-2H3,(H,47,55)(H2,46,48,49,57,58)/t28-,33-,38-,39-/m0/s1. The van der Waals surface area contributed by atoms with Gasteiger partial charge in [0, 0.05) is 73.1 Å². The van der Waals surface area contributed by atoms with E-state index in [4.69, 9.17) is 18.9 Å². The highest BCUT2D eigenvalue weighted by molar-refractivity contribution is 7.99. The van der Waals surface area contributed by atoms with E-state index in [0.717, 1.165) is 5.56 Å². The first-order valence-electron chi connectivity index (χ1n) is 21.5. The van der Waals surface area contributed by atoms with Gasteiger partial charge in [0.15, 0.2) is 0 Å². The van der Waals surface area contributed by atoms with Crippen LogP contribution in [0.3, 0.4) is 0 Å². The second-order valence-corrected chi connectivity index (χ2v) is 17.1. The van der Waals surface area contributed by atoms with Crippen LogP contribution in [0.2, 0.25) is 0 Å². The van der Waals surface area contributed by atoms with Gasteiger partial charge in [-0.1, -0.05) is 12.1 Å². The molecule has 0 saturated carbocycles. The number of amides is 5. The molecule has 2 aliphatic heterocycles. The number of alkyl carbamates (subject to hydrolysis) is 2. The summed E-state index contributed by atoms with van der Waals surface area (Å²) in [5.74, 6) is -0.241. The largest absolute Gasteiger partial charge is 0.497 e. The molecule has 0 aromatic heterocycles.